The Bertz CT molecular complexity index is 1320. The molecule has 0 spiro atoms. The number of hydrogen-bond acceptors (Lipinski definition) is 2. The molecule has 0 aliphatic heterocycles. The highest BCUT2D eigenvalue weighted by Crippen LogP contribution is 2.40. The molecule has 5 rings (SSSR count). The van der Waals surface area contributed by atoms with E-state index < -0.39 is 0 Å². The van der Waals surface area contributed by atoms with Gasteiger partial charge in [-0.15, -0.1) is 0 Å². The van der Waals surface area contributed by atoms with Gasteiger partial charge in [-0.1, -0.05) is 50.2 Å². The number of H-pyrrole nitrogens is 2. The lowest BCUT2D eigenvalue weighted by molar-refractivity contribution is -0.117. The topological polar surface area (TPSA) is 72.7 Å². The van der Waals surface area contributed by atoms with E-state index in [0.29, 0.717) is 6.54 Å². The molecule has 2 aromatic carbocycles. The van der Waals surface area contributed by atoms with E-state index in [1.165, 1.54) is 27.4 Å². The molecule has 5 heteroatoms. The van der Waals surface area contributed by atoms with Crippen molar-refractivity contribution in [3.05, 3.63) is 83.3 Å². The molecule has 0 saturated heterocycles. The fraction of sp³-hybridized carbons (Fsp3) is 0.321. The Morgan fingerprint density at radius 3 is 2.06 bits per heavy atom. The molecule has 4 N–H and O–H groups in total. The highest BCUT2D eigenvalue weighted by Gasteiger charge is 2.33. The van der Waals surface area contributed by atoms with Crippen molar-refractivity contribution < 1.29 is 4.79 Å². The van der Waals surface area contributed by atoms with E-state index in [1.54, 1.807) is 0 Å². The first-order chi connectivity index (χ1) is 16.0. The molecule has 170 valence electrons. The third-order valence-corrected chi connectivity index (χ3v) is 6.71. The van der Waals surface area contributed by atoms with Crippen LogP contribution in [-0.2, 0) is 17.6 Å². The third kappa shape index (κ3) is 4.54. The van der Waals surface area contributed by atoms with Crippen LogP contribution in [-0.4, -0.2) is 29.0 Å². The number of hydrogen-bond donors (Lipinski definition) is 4. The Morgan fingerprint density at radius 1 is 0.848 bits per heavy atom. The van der Waals surface area contributed by atoms with Crippen molar-refractivity contribution in [3.63, 3.8) is 0 Å². The van der Waals surface area contributed by atoms with E-state index in [2.05, 4.69) is 83.1 Å². The lowest BCUT2D eigenvalue weighted by Gasteiger charge is -2.17. The Hall–Kier alpha value is -3.47. The van der Waals surface area contributed by atoms with Gasteiger partial charge in [-0.3, -0.25) is 4.79 Å². The summed E-state index contributed by atoms with van der Waals surface area (Å²) in [4.78, 5) is 19.7. The van der Waals surface area contributed by atoms with Crippen LogP contribution in [0, 0.1) is 5.41 Å². The number of benzene rings is 2. The summed E-state index contributed by atoms with van der Waals surface area (Å²) in [5, 5.41) is 9.27. The number of aromatic nitrogens is 2. The molecular weight excluding hydrogens is 408 g/mol. The van der Waals surface area contributed by atoms with Gasteiger partial charge >= 0.3 is 0 Å². The number of para-hydroxylation sites is 2. The van der Waals surface area contributed by atoms with Gasteiger partial charge in [0.2, 0.25) is 5.91 Å². The van der Waals surface area contributed by atoms with Crippen LogP contribution in [0.5, 0.6) is 0 Å². The van der Waals surface area contributed by atoms with Crippen molar-refractivity contribution in [1.29, 1.82) is 0 Å². The largest absolute Gasteiger partial charge is 0.388 e. The zero-order valence-corrected chi connectivity index (χ0v) is 19.4. The van der Waals surface area contributed by atoms with Gasteiger partial charge < -0.3 is 20.6 Å². The Kier molecular flexibility index (Phi) is 5.71. The minimum atomic E-state index is 0.0648. The molecule has 4 aromatic rings. The maximum Gasteiger partial charge on any atom is 0.248 e. The fourth-order valence-electron chi connectivity index (χ4n) is 5.06. The van der Waals surface area contributed by atoms with Gasteiger partial charge in [0.15, 0.2) is 0 Å². The van der Waals surface area contributed by atoms with Crippen molar-refractivity contribution in [2.45, 2.75) is 39.5 Å². The third-order valence-electron chi connectivity index (χ3n) is 6.71. The second-order valence-corrected chi connectivity index (χ2v) is 9.88. The molecule has 0 bridgehead atoms. The normalized spacial score (nSPS) is 15.5. The van der Waals surface area contributed by atoms with Crippen LogP contribution in [0.15, 0.2) is 72.2 Å². The Labute approximate surface area is 194 Å². The number of nitrogens with one attached hydrogen (secondary N) is 4. The van der Waals surface area contributed by atoms with Gasteiger partial charge in [-0.25, -0.2) is 0 Å². The van der Waals surface area contributed by atoms with Gasteiger partial charge in [-0.2, -0.15) is 0 Å². The number of fused-ring (bicyclic) bond motifs is 2. The van der Waals surface area contributed by atoms with Crippen LogP contribution in [0.3, 0.4) is 0 Å². The highest BCUT2D eigenvalue weighted by atomic mass is 16.1. The van der Waals surface area contributed by atoms with Crippen LogP contribution in [0.1, 0.15) is 37.8 Å². The molecule has 2 heterocycles. The molecular formula is C28H32N4O. The molecule has 0 unspecified atom stereocenters. The van der Waals surface area contributed by atoms with Gasteiger partial charge in [-0.05, 0) is 54.4 Å². The molecule has 0 radical (unpaired) electrons. The van der Waals surface area contributed by atoms with Crippen molar-refractivity contribution in [3.8, 4) is 0 Å². The lowest BCUT2D eigenvalue weighted by Crippen LogP contribution is -2.29. The number of aromatic amines is 2. The Morgan fingerprint density at radius 2 is 1.42 bits per heavy atom. The van der Waals surface area contributed by atoms with Crippen LogP contribution in [0.4, 0.5) is 0 Å². The summed E-state index contributed by atoms with van der Waals surface area (Å²) >= 11 is 0. The molecule has 0 fully saturated rings. The molecule has 1 amide bonds. The Balaban J connectivity index is 1.21. The van der Waals surface area contributed by atoms with Crippen molar-refractivity contribution in [1.82, 2.24) is 20.6 Å². The maximum absolute atomic E-state index is 13.1. The summed E-state index contributed by atoms with van der Waals surface area (Å²) in [6.45, 7) is 5.92. The van der Waals surface area contributed by atoms with Gasteiger partial charge in [0, 0.05) is 58.6 Å². The maximum atomic E-state index is 13.1. The molecule has 1 aliphatic rings. The van der Waals surface area contributed by atoms with Gasteiger partial charge in [0.05, 0.1) is 0 Å². The molecule has 33 heavy (non-hydrogen) atoms. The van der Waals surface area contributed by atoms with Crippen molar-refractivity contribution >= 4 is 27.7 Å². The monoisotopic (exact) mass is 440 g/mol. The summed E-state index contributed by atoms with van der Waals surface area (Å²) in [5.74, 6) is 0.0648. The predicted octanol–water partition coefficient (Wildman–Crippen LogP) is 5.21. The first kappa shape index (κ1) is 21.4. The van der Waals surface area contributed by atoms with E-state index in [0.717, 1.165) is 49.0 Å². The summed E-state index contributed by atoms with van der Waals surface area (Å²) in [6, 6.07) is 16.7. The van der Waals surface area contributed by atoms with Crippen LogP contribution < -0.4 is 10.6 Å². The van der Waals surface area contributed by atoms with E-state index in [9.17, 15) is 4.79 Å². The number of allylic oxidation sites excluding steroid dienone is 1. The fourth-order valence-corrected chi connectivity index (χ4v) is 5.06. The minimum Gasteiger partial charge on any atom is -0.388 e. The van der Waals surface area contributed by atoms with E-state index in [4.69, 9.17) is 0 Å². The summed E-state index contributed by atoms with van der Waals surface area (Å²) in [5.41, 5.74) is 6.98. The van der Waals surface area contributed by atoms with Gasteiger partial charge in [0.1, 0.15) is 0 Å². The van der Waals surface area contributed by atoms with E-state index in [1.807, 2.05) is 12.3 Å². The van der Waals surface area contributed by atoms with E-state index in [-0.39, 0.29) is 11.3 Å². The average Bonchev–Trinajstić information content (AvgIpc) is 3.49. The van der Waals surface area contributed by atoms with Crippen molar-refractivity contribution in [2.75, 3.05) is 13.1 Å². The van der Waals surface area contributed by atoms with Crippen molar-refractivity contribution in [2.24, 2.45) is 5.41 Å². The SMILES string of the molecule is CC1(C)CC(NCCc2c[nH]c3ccccc23)=C(C(=O)NCCc2c[nH]c3ccccc23)C1. The molecule has 5 nitrogen and oxygen atoms in total. The smallest absolute Gasteiger partial charge is 0.248 e. The zero-order chi connectivity index (χ0) is 22.8. The first-order valence-corrected chi connectivity index (χ1v) is 11.8. The first-order valence-electron chi connectivity index (χ1n) is 11.8. The van der Waals surface area contributed by atoms with Crippen LogP contribution in [0.2, 0.25) is 0 Å². The highest BCUT2D eigenvalue weighted by molar-refractivity contribution is 5.95. The van der Waals surface area contributed by atoms with Gasteiger partial charge in [0.25, 0.3) is 0 Å². The summed E-state index contributed by atoms with van der Waals surface area (Å²) in [6.07, 6.45) is 7.59. The zero-order valence-electron chi connectivity index (χ0n) is 19.4. The lowest BCUT2D eigenvalue weighted by atomic mass is 9.89. The summed E-state index contributed by atoms with van der Waals surface area (Å²) < 4.78 is 0. The van der Waals surface area contributed by atoms with Crippen LogP contribution >= 0.6 is 0 Å². The second-order valence-electron chi connectivity index (χ2n) is 9.88. The van der Waals surface area contributed by atoms with Crippen LogP contribution in [0.25, 0.3) is 21.8 Å². The number of carbonyl (C=O) groups excluding carboxylic acids is 1. The van der Waals surface area contributed by atoms with E-state index >= 15 is 0 Å². The molecule has 0 saturated carbocycles. The second kappa shape index (κ2) is 8.81. The number of rotatable bonds is 8. The molecule has 0 atom stereocenters. The standard InChI is InChI=1S/C28H32N4O/c1-28(2)15-23(27(33)30-14-12-20-18-32-25-10-6-4-8-22(20)25)26(16-28)29-13-11-19-17-31-24-9-5-3-7-21(19)24/h3-10,17-18,29,31-32H,11-16H2,1-2H3,(H,30,33). The average molecular weight is 441 g/mol. The quantitative estimate of drug-likeness (QED) is 0.304. The number of carbonyl (C=O) groups is 1. The minimum absolute atomic E-state index is 0.0648. The molecule has 2 aromatic heterocycles. The number of amides is 1. The molecule has 1 aliphatic carbocycles. The summed E-state index contributed by atoms with van der Waals surface area (Å²) in [7, 11) is 0. The predicted molar refractivity (Wildman–Crippen MR) is 135 cm³/mol.